The number of hydrogen-bond acceptors (Lipinski definition) is 4. The van der Waals surface area contributed by atoms with E-state index in [0.29, 0.717) is 17.9 Å². The summed E-state index contributed by atoms with van der Waals surface area (Å²) in [5.41, 5.74) is 1.45. The van der Waals surface area contributed by atoms with Crippen LogP contribution in [-0.2, 0) is 4.79 Å². The van der Waals surface area contributed by atoms with Crippen molar-refractivity contribution in [3.8, 4) is 5.75 Å². The van der Waals surface area contributed by atoms with Crippen molar-refractivity contribution < 1.29 is 14.6 Å². The highest BCUT2D eigenvalue weighted by atomic mass is 32.2. The van der Waals surface area contributed by atoms with E-state index >= 15 is 0 Å². The number of amides is 1. The van der Waals surface area contributed by atoms with Crippen molar-refractivity contribution in [3.63, 3.8) is 0 Å². The molecule has 1 atom stereocenters. The van der Waals surface area contributed by atoms with Crippen molar-refractivity contribution in [2.24, 2.45) is 0 Å². The van der Waals surface area contributed by atoms with Gasteiger partial charge < -0.3 is 15.2 Å². The zero-order valence-electron chi connectivity index (χ0n) is 9.60. The predicted octanol–water partition coefficient (Wildman–Crippen LogP) is 1.80. The first kappa shape index (κ1) is 12.3. The van der Waals surface area contributed by atoms with Crippen LogP contribution in [0.4, 0.5) is 5.69 Å². The minimum atomic E-state index is -0.494. The van der Waals surface area contributed by atoms with Crippen LogP contribution in [0.2, 0.25) is 0 Å². The zero-order valence-corrected chi connectivity index (χ0v) is 10.4. The van der Waals surface area contributed by atoms with E-state index in [1.165, 1.54) is 0 Å². The Hall–Kier alpha value is -1.20. The predicted molar refractivity (Wildman–Crippen MR) is 68.5 cm³/mol. The Labute approximate surface area is 104 Å². The van der Waals surface area contributed by atoms with Crippen molar-refractivity contribution in [2.45, 2.75) is 12.5 Å². The molecule has 1 aromatic carbocycles. The number of rotatable bonds is 4. The second-order valence-electron chi connectivity index (χ2n) is 3.89. The van der Waals surface area contributed by atoms with E-state index in [2.05, 4.69) is 5.32 Å². The number of ether oxygens (including phenoxy) is 1. The number of nitrogens with one attached hydrogen (secondary N) is 1. The summed E-state index contributed by atoms with van der Waals surface area (Å²) in [5.74, 6) is 1.40. The first-order chi connectivity index (χ1) is 8.20. The Morgan fingerprint density at radius 1 is 1.59 bits per heavy atom. The molecule has 1 aromatic rings. The van der Waals surface area contributed by atoms with Crippen LogP contribution in [0.3, 0.4) is 0 Å². The summed E-state index contributed by atoms with van der Waals surface area (Å²) in [6, 6.07) is 5.39. The summed E-state index contributed by atoms with van der Waals surface area (Å²) in [7, 11) is 0. The smallest absolute Gasteiger partial charge is 0.262 e. The third-order valence-electron chi connectivity index (χ3n) is 2.62. The van der Waals surface area contributed by atoms with Crippen LogP contribution in [0.1, 0.15) is 18.1 Å². The van der Waals surface area contributed by atoms with Crippen LogP contribution < -0.4 is 10.1 Å². The molecule has 0 aliphatic carbocycles. The number of thioether (sulfide) groups is 1. The van der Waals surface area contributed by atoms with Crippen LogP contribution in [-0.4, -0.2) is 29.6 Å². The van der Waals surface area contributed by atoms with E-state index in [9.17, 15) is 9.90 Å². The van der Waals surface area contributed by atoms with Gasteiger partial charge in [-0.3, -0.25) is 4.79 Å². The standard InChI is InChI=1S/C12H15NO3S/c1-17-5-4-10(14)8-2-3-11-9(6-8)13-12(15)7-16-11/h2-3,6,10,14H,4-5,7H2,1H3,(H,13,15). The molecule has 1 amide bonds. The van der Waals surface area contributed by atoms with Gasteiger partial charge in [0.15, 0.2) is 6.61 Å². The average Bonchev–Trinajstić information content (AvgIpc) is 2.35. The second-order valence-corrected chi connectivity index (χ2v) is 4.88. The summed E-state index contributed by atoms with van der Waals surface area (Å²) in [6.07, 6.45) is 2.22. The van der Waals surface area contributed by atoms with Crippen molar-refractivity contribution in [1.29, 1.82) is 0 Å². The molecule has 0 aromatic heterocycles. The molecule has 0 radical (unpaired) electrons. The summed E-state index contributed by atoms with van der Waals surface area (Å²) in [6.45, 7) is 0.0569. The third-order valence-corrected chi connectivity index (χ3v) is 3.26. The Bertz CT molecular complexity index is 422. The molecule has 1 aliphatic rings. The van der Waals surface area contributed by atoms with Crippen LogP contribution in [0.5, 0.6) is 5.75 Å². The fourth-order valence-electron chi connectivity index (χ4n) is 1.70. The first-order valence-corrected chi connectivity index (χ1v) is 6.83. The quantitative estimate of drug-likeness (QED) is 0.859. The lowest BCUT2D eigenvalue weighted by Gasteiger charge is -2.19. The maximum atomic E-state index is 11.2. The molecule has 0 spiro atoms. The van der Waals surface area contributed by atoms with Crippen molar-refractivity contribution >= 4 is 23.4 Å². The van der Waals surface area contributed by atoms with Crippen molar-refractivity contribution in [3.05, 3.63) is 23.8 Å². The Morgan fingerprint density at radius 2 is 2.41 bits per heavy atom. The lowest BCUT2D eigenvalue weighted by molar-refractivity contribution is -0.118. The molecular formula is C12H15NO3S. The molecule has 4 nitrogen and oxygen atoms in total. The van der Waals surface area contributed by atoms with Gasteiger partial charge in [-0.1, -0.05) is 6.07 Å². The van der Waals surface area contributed by atoms with Crippen molar-refractivity contribution in [2.75, 3.05) is 23.9 Å². The third kappa shape index (κ3) is 2.92. The largest absolute Gasteiger partial charge is 0.482 e. The highest BCUT2D eigenvalue weighted by Crippen LogP contribution is 2.31. The average molecular weight is 253 g/mol. The zero-order chi connectivity index (χ0) is 12.3. The van der Waals surface area contributed by atoms with Gasteiger partial charge in [0.1, 0.15) is 5.75 Å². The number of carbonyl (C=O) groups is 1. The number of fused-ring (bicyclic) bond motifs is 1. The molecule has 0 saturated carbocycles. The summed E-state index contributed by atoms with van der Waals surface area (Å²) < 4.78 is 5.25. The van der Waals surface area contributed by atoms with E-state index in [4.69, 9.17) is 4.74 Å². The summed E-state index contributed by atoms with van der Waals surface area (Å²) in [5, 5.41) is 12.7. The van der Waals surface area contributed by atoms with Crippen LogP contribution in [0.25, 0.3) is 0 Å². The Balaban J connectivity index is 2.14. The van der Waals surface area contributed by atoms with E-state index < -0.39 is 6.10 Å². The van der Waals surface area contributed by atoms with Gasteiger partial charge in [-0.2, -0.15) is 11.8 Å². The number of hydrogen-bond donors (Lipinski definition) is 2. The fourth-order valence-corrected chi connectivity index (χ4v) is 2.16. The molecule has 17 heavy (non-hydrogen) atoms. The van der Waals surface area contributed by atoms with Crippen molar-refractivity contribution in [1.82, 2.24) is 0 Å². The lowest BCUT2D eigenvalue weighted by atomic mass is 10.1. The van der Waals surface area contributed by atoms with E-state index in [1.807, 2.05) is 12.3 Å². The van der Waals surface area contributed by atoms with Gasteiger partial charge in [0.05, 0.1) is 11.8 Å². The highest BCUT2D eigenvalue weighted by Gasteiger charge is 2.17. The van der Waals surface area contributed by atoms with E-state index in [-0.39, 0.29) is 12.5 Å². The maximum absolute atomic E-state index is 11.2. The second kappa shape index (κ2) is 5.42. The summed E-state index contributed by atoms with van der Waals surface area (Å²) in [4.78, 5) is 11.2. The van der Waals surface area contributed by atoms with Gasteiger partial charge in [0.25, 0.3) is 5.91 Å². The molecule has 2 N–H and O–H groups in total. The van der Waals surface area contributed by atoms with Gasteiger partial charge in [0.2, 0.25) is 0 Å². The Kier molecular flexibility index (Phi) is 3.91. The van der Waals surface area contributed by atoms with E-state index in [1.54, 1.807) is 23.9 Å². The topological polar surface area (TPSA) is 58.6 Å². The summed E-state index contributed by atoms with van der Waals surface area (Å²) >= 11 is 1.70. The van der Waals surface area contributed by atoms with Crippen LogP contribution in [0, 0.1) is 0 Å². The number of benzene rings is 1. The number of aliphatic hydroxyl groups is 1. The van der Waals surface area contributed by atoms with Crippen LogP contribution >= 0.6 is 11.8 Å². The highest BCUT2D eigenvalue weighted by molar-refractivity contribution is 7.98. The van der Waals surface area contributed by atoms with Gasteiger partial charge in [0, 0.05) is 0 Å². The minimum absolute atomic E-state index is 0.0569. The number of anilines is 1. The molecule has 0 saturated heterocycles. The van der Waals surface area contributed by atoms with Gasteiger partial charge in [-0.05, 0) is 36.1 Å². The molecule has 1 aliphatic heterocycles. The number of carbonyl (C=O) groups excluding carboxylic acids is 1. The molecule has 0 bridgehead atoms. The number of aliphatic hydroxyl groups excluding tert-OH is 1. The molecule has 0 fully saturated rings. The van der Waals surface area contributed by atoms with Crippen LogP contribution in [0.15, 0.2) is 18.2 Å². The normalized spacial score (nSPS) is 15.8. The van der Waals surface area contributed by atoms with E-state index in [0.717, 1.165) is 11.3 Å². The monoisotopic (exact) mass is 253 g/mol. The SMILES string of the molecule is CSCCC(O)c1ccc2c(c1)NC(=O)CO2. The molecule has 92 valence electrons. The maximum Gasteiger partial charge on any atom is 0.262 e. The fraction of sp³-hybridized carbons (Fsp3) is 0.417. The lowest BCUT2D eigenvalue weighted by Crippen LogP contribution is -2.25. The van der Waals surface area contributed by atoms with Gasteiger partial charge in [-0.25, -0.2) is 0 Å². The Morgan fingerprint density at radius 3 is 3.18 bits per heavy atom. The van der Waals surface area contributed by atoms with Gasteiger partial charge in [-0.15, -0.1) is 0 Å². The molecule has 1 unspecified atom stereocenters. The molecular weight excluding hydrogens is 238 g/mol. The molecule has 5 heteroatoms. The molecule has 2 rings (SSSR count). The molecule has 1 heterocycles. The minimum Gasteiger partial charge on any atom is -0.482 e. The van der Waals surface area contributed by atoms with Gasteiger partial charge >= 0.3 is 0 Å². The first-order valence-electron chi connectivity index (χ1n) is 5.44.